The fraction of sp³-hybridized carbons (Fsp3) is 0.480. The molecule has 3 amide bonds. The van der Waals surface area contributed by atoms with Gasteiger partial charge in [0.25, 0.3) is 5.91 Å². The van der Waals surface area contributed by atoms with Crippen molar-refractivity contribution in [3.05, 3.63) is 42.5 Å². The number of benzene rings is 2. The largest absolute Gasteiger partial charge is 0.379 e. The van der Waals surface area contributed by atoms with Crippen LogP contribution in [0.4, 0.5) is 10.5 Å². The second kappa shape index (κ2) is 8.79. The number of hydrogen-bond acceptors (Lipinski definition) is 5. The zero-order valence-corrected chi connectivity index (χ0v) is 19.9. The molecule has 4 saturated heterocycles. The Balaban J connectivity index is 1.13. The van der Waals surface area contributed by atoms with Crippen LogP contribution >= 0.6 is 12.2 Å². The number of nitrogens with zero attached hydrogens (tertiary/aromatic N) is 4. The van der Waals surface area contributed by atoms with Gasteiger partial charge in [0.2, 0.25) is 0 Å². The van der Waals surface area contributed by atoms with Crippen molar-refractivity contribution in [2.75, 3.05) is 50.8 Å². The van der Waals surface area contributed by atoms with E-state index < -0.39 is 6.04 Å². The lowest BCUT2D eigenvalue weighted by molar-refractivity contribution is -0.120. The second-order valence-electron chi connectivity index (χ2n) is 9.46. The summed E-state index contributed by atoms with van der Waals surface area (Å²) < 4.78 is 5.40. The molecule has 4 aliphatic rings. The average molecular weight is 480 g/mol. The van der Waals surface area contributed by atoms with Crippen molar-refractivity contribution < 1.29 is 14.3 Å². The van der Waals surface area contributed by atoms with Gasteiger partial charge in [0, 0.05) is 31.6 Å². The Kier molecular flexibility index (Phi) is 5.63. The summed E-state index contributed by atoms with van der Waals surface area (Å²) in [6, 6.07) is 12.9. The first-order chi connectivity index (χ1) is 16.6. The van der Waals surface area contributed by atoms with E-state index in [1.54, 1.807) is 4.90 Å². The van der Waals surface area contributed by atoms with Gasteiger partial charge in [0.1, 0.15) is 6.04 Å². The molecule has 2 aromatic rings. The molecule has 1 N–H and O–H groups in total. The predicted molar refractivity (Wildman–Crippen MR) is 134 cm³/mol. The molecule has 9 heteroatoms. The molecular weight excluding hydrogens is 450 g/mol. The third-order valence-corrected chi connectivity index (χ3v) is 7.94. The minimum Gasteiger partial charge on any atom is -0.379 e. The molecular formula is C25H29N5O3S. The number of imide groups is 1. The maximum Gasteiger partial charge on any atom is 0.332 e. The zero-order valence-electron chi connectivity index (χ0n) is 19.1. The van der Waals surface area contributed by atoms with Gasteiger partial charge in [-0.2, -0.15) is 0 Å². The maximum atomic E-state index is 13.6. The lowest BCUT2D eigenvalue weighted by atomic mass is 10.1. The molecule has 178 valence electrons. The lowest BCUT2D eigenvalue weighted by Crippen LogP contribution is -2.57. The van der Waals surface area contributed by atoms with E-state index in [0.717, 1.165) is 63.0 Å². The fourth-order valence-corrected chi connectivity index (χ4v) is 6.25. The first-order valence-corrected chi connectivity index (χ1v) is 12.5. The molecule has 2 bridgehead atoms. The Morgan fingerprint density at radius 2 is 1.88 bits per heavy atom. The van der Waals surface area contributed by atoms with Crippen molar-refractivity contribution in [3.63, 3.8) is 0 Å². The van der Waals surface area contributed by atoms with Gasteiger partial charge in [-0.1, -0.05) is 36.4 Å². The number of hydrogen-bond donors (Lipinski definition) is 1. The van der Waals surface area contributed by atoms with E-state index in [4.69, 9.17) is 17.0 Å². The Morgan fingerprint density at radius 1 is 1.09 bits per heavy atom. The smallest absolute Gasteiger partial charge is 0.332 e. The molecule has 4 aliphatic heterocycles. The fourth-order valence-electron chi connectivity index (χ4n) is 5.94. The number of nitrogens with one attached hydrogen (secondary N) is 1. The van der Waals surface area contributed by atoms with Crippen LogP contribution in [0.15, 0.2) is 42.5 Å². The number of morpholine rings is 1. The van der Waals surface area contributed by atoms with Crippen LogP contribution in [-0.4, -0.2) is 95.8 Å². The van der Waals surface area contributed by atoms with Crippen LogP contribution in [0.1, 0.15) is 12.8 Å². The molecule has 6 rings (SSSR count). The Labute approximate surface area is 204 Å². The molecule has 0 aromatic heterocycles. The number of carbonyl (C=O) groups is 2. The van der Waals surface area contributed by atoms with E-state index in [0.29, 0.717) is 17.3 Å². The van der Waals surface area contributed by atoms with E-state index in [2.05, 4.69) is 15.1 Å². The molecule has 0 radical (unpaired) electrons. The number of rotatable bonds is 5. The number of piperazine rings is 1. The van der Waals surface area contributed by atoms with Gasteiger partial charge in [-0.05, 0) is 43.1 Å². The quantitative estimate of drug-likeness (QED) is 0.400. The summed E-state index contributed by atoms with van der Waals surface area (Å²) in [6.07, 6.45) is 1.80. The zero-order chi connectivity index (χ0) is 23.2. The number of fused-ring (bicyclic) bond motifs is 6. The van der Waals surface area contributed by atoms with E-state index in [9.17, 15) is 9.59 Å². The summed E-state index contributed by atoms with van der Waals surface area (Å²) in [5.74, 6) is -0.145. The molecule has 0 spiro atoms. The molecule has 8 nitrogen and oxygen atoms in total. The third-order valence-electron chi connectivity index (χ3n) is 7.56. The monoisotopic (exact) mass is 479 g/mol. The number of thiocarbonyl (C=S) groups is 1. The van der Waals surface area contributed by atoms with Crippen molar-refractivity contribution in [1.29, 1.82) is 0 Å². The molecule has 4 fully saturated rings. The summed E-state index contributed by atoms with van der Waals surface area (Å²) in [5, 5.41) is 6.01. The van der Waals surface area contributed by atoms with Gasteiger partial charge in [0.05, 0.1) is 31.0 Å². The van der Waals surface area contributed by atoms with Crippen LogP contribution in [0.3, 0.4) is 0 Å². The Morgan fingerprint density at radius 3 is 2.74 bits per heavy atom. The summed E-state index contributed by atoms with van der Waals surface area (Å²) in [4.78, 5) is 34.7. The minimum atomic E-state index is -0.474. The molecule has 0 saturated carbocycles. The van der Waals surface area contributed by atoms with Crippen molar-refractivity contribution in [2.45, 2.75) is 31.0 Å². The number of carbonyl (C=O) groups excluding carboxylic acids is 2. The van der Waals surface area contributed by atoms with Crippen LogP contribution in [0.5, 0.6) is 0 Å². The van der Waals surface area contributed by atoms with Gasteiger partial charge in [-0.15, -0.1) is 0 Å². The van der Waals surface area contributed by atoms with Crippen molar-refractivity contribution in [2.24, 2.45) is 0 Å². The average Bonchev–Trinajstić information content (AvgIpc) is 3.53. The maximum absolute atomic E-state index is 13.6. The van der Waals surface area contributed by atoms with Crippen LogP contribution in [0, 0.1) is 0 Å². The highest BCUT2D eigenvalue weighted by atomic mass is 32.1. The molecule has 4 heterocycles. The highest BCUT2D eigenvalue weighted by Gasteiger charge is 2.62. The topological polar surface area (TPSA) is 68.4 Å². The van der Waals surface area contributed by atoms with Gasteiger partial charge < -0.3 is 19.9 Å². The van der Waals surface area contributed by atoms with E-state index in [1.165, 1.54) is 4.90 Å². The normalized spacial score (nSPS) is 26.6. The first kappa shape index (κ1) is 21.8. The number of likely N-dealkylation sites (tertiary alicyclic amines) is 1. The van der Waals surface area contributed by atoms with Gasteiger partial charge >= 0.3 is 6.03 Å². The number of ether oxygens (including phenoxy) is 1. The Bertz CT molecular complexity index is 1130. The molecule has 2 aromatic carbocycles. The van der Waals surface area contributed by atoms with E-state index in [1.807, 2.05) is 42.5 Å². The SMILES string of the molecule is O=C1C2C3CC(CN3C(=S)NCCCN3CCOCC3)N2C(=O)N1c1cccc2ccccc12. The molecule has 3 atom stereocenters. The Hall–Kier alpha value is -2.75. The van der Waals surface area contributed by atoms with Gasteiger partial charge in [-0.25, -0.2) is 9.69 Å². The van der Waals surface area contributed by atoms with Crippen LogP contribution in [0.2, 0.25) is 0 Å². The van der Waals surface area contributed by atoms with Crippen molar-refractivity contribution in [3.8, 4) is 0 Å². The summed E-state index contributed by atoms with van der Waals surface area (Å²) >= 11 is 5.71. The molecule has 0 aliphatic carbocycles. The molecule has 34 heavy (non-hydrogen) atoms. The van der Waals surface area contributed by atoms with E-state index >= 15 is 0 Å². The van der Waals surface area contributed by atoms with Crippen molar-refractivity contribution >= 4 is 45.7 Å². The van der Waals surface area contributed by atoms with Crippen LogP contribution in [0.25, 0.3) is 10.8 Å². The second-order valence-corrected chi connectivity index (χ2v) is 9.84. The summed E-state index contributed by atoms with van der Waals surface area (Å²) in [5.41, 5.74) is 0.664. The number of anilines is 1. The number of urea groups is 1. The standard InChI is InChI=1S/C25H29N5O3S/c31-23-22-21-15-18(16-28(21)24(34)26-9-4-10-27-11-13-33-14-12-27)29(22)25(32)30(23)20-8-3-6-17-5-1-2-7-19(17)20/h1-3,5-8,18,21-22H,4,9-16H2,(H,26,34). The van der Waals surface area contributed by atoms with Crippen molar-refractivity contribution in [1.82, 2.24) is 20.0 Å². The predicted octanol–water partition coefficient (Wildman–Crippen LogP) is 2.03. The summed E-state index contributed by atoms with van der Waals surface area (Å²) in [7, 11) is 0. The minimum absolute atomic E-state index is 0.0135. The summed E-state index contributed by atoms with van der Waals surface area (Å²) in [6.45, 7) is 6.09. The highest BCUT2D eigenvalue weighted by Crippen LogP contribution is 2.43. The van der Waals surface area contributed by atoms with Crippen LogP contribution < -0.4 is 10.2 Å². The molecule has 3 unspecified atom stereocenters. The van der Waals surface area contributed by atoms with Crippen LogP contribution in [-0.2, 0) is 9.53 Å². The van der Waals surface area contributed by atoms with Gasteiger partial charge in [-0.3, -0.25) is 9.69 Å². The van der Waals surface area contributed by atoms with Gasteiger partial charge in [0.15, 0.2) is 5.11 Å². The van der Waals surface area contributed by atoms with E-state index in [-0.39, 0.29) is 24.0 Å². The first-order valence-electron chi connectivity index (χ1n) is 12.1. The number of amides is 3. The highest BCUT2D eigenvalue weighted by molar-refractivity contribution is 7.80. The lowest BCUT2D eigenvalue weighted by Gasteiger charge is -2.36. The third kappa shape index (κ3) is 3.54.